The Balaban J connectivity index is 1.93. The van der Waals surface area contributed by atoms with Gasteiger partial charge in [-0.1, -0.05) is 6.07 Å². The second kappa shape index (κ2) is 6.13. The summed E-state index contributed by atoms with van der Waals surface area (Å²) in [6.45, 7) is 2.39. The molecule has 2 aromatic heterocycles. The maximum Gasteiger partial charge on any atom is 0.339 e. The van der Waals surface area contributed by atoms with Crippen LogP contribution in [0.5, 0.6) is 0 Å². The van der Waals surface area contributed by atoms with Gasteiger partial charge in [0.05, 0.1) is 17.0 Å². The average molecular weight is 350 g/mol. The van der Waals surface area contributed by atoms with Crippen LogP contribution in [-0.2, 0) is 17.8 Å². The van der Waals surface area contributed by atoms with Crippen LogP contribution in [0.4, 0.5) is 5.00 Å². The van der Waals surface area contributed by atoms with Crippen molar-refractivity contribution in [2.45, 2.75) is 19.9 Å². The highest BCUT2D eigenvalue weighted by molar-refractivity contribution is 7.17. The quantitative estimate of drug-likeness (QED) is 0.891. The van der Waals surface area contributed by atoms with Crippen LogP contribution in [0.3, 0.4) is 0 Å². The molecule has 2 N–H and O–H groups in total. The van der Waals surface area contributed by atoms with Gasteiger partial charge >= 0.3 is 5.97 Å². The smallest absolute Gasteiger partial charge is 0.339 e. The van der Waals surface area contributed by atoms with E-state index in [1.807, 2.05) is 0 Å². The van der Waals surface area contributed by atoms with Crippen LogP contribution in [0.2, 0.25) is 0 Å². The molecule has 0 atom stereocenters. The standard InChI is InChI=1S/C15H14N2O4S2/c1-8(18)17-5-4-9-11(7-17)23-14(12(9)15(20)21)16-13(19)10-3-2-6-22-10/h2-3,6H,4-5,7H2,1H3,(H,16,19)(H,20,21). The van der Waals surface area contributed by atoms with Gasteiger partial charge in [0.2, 0.25) is 5.91 Å². The summed E-state index contributed by atoms with van der Waals surface area (Å²) in [6.07, 6.45) is 0.488. The van der Waals surface area contributed by atoms with Gasteiger partial charge in [-0.15, -0.1) is 22.7 Å². The third-order valence-electron chi connectivity index (χ3n) is 3.69. The highest BCUT2D eigenvalue weighted by Crippen LogP contribution is 2.37. The van der Waals surface area contributed by atoms with Gasteiger partial charge in [-0.05, 0) is 23.4 Å². The molecule has 0 radical (unpaired) electrons. The first-order valence-corrected chi connectivity index (χ1v) is 8.65. The number of nitrogens with one attached hydrogen (secondary N) is 1. The van der Waals surface area contributed by atoms with E-state index >= 15 is 0 Å². The van der Waals surface area contributed by atoms with Gasteiger partial charge in [-0.25, -0.2) is 4.79 Å². The lowest BCUT2D eigenvalue weighted by Crippen LogP contribution is -2.33. The van der Waals surface area contributed by atoms with E-state index in [4.69, 9.17) is 0 Å². The molecule has 0 saturated heterocycles. The summed E-state index contributed by atoms with van der Waals surface area (Å²) in [7, 11) is 0. The Kier molecular flexibility index (Phi) is 4.18. The van der Waals surface area contributed by atoms with E-state index in [0.29, 0.717) is 29.4 Å². The Hall–Kier alpha value is -2.19. The molecule has 2 amide bonds. The minimum absolute atomic E-state index is 0.0369. The van der Waals surface area contributed by atoms with Gasteiger partial charge in [0.1, 0.15) is 5.00 Å². The van der Waals surface area contributed by atoms with Gasteiger partial charge in [-0.3, -0.25) is 9.59 Å². The number of rotatable bonds is 3. The maximum absolute atomic E-state index is 12.2. The van der Waals surface area contributed by atoms with Gasteiger partial charge in [0.25, 0.3) is 5.91 Å². The van der Waals surface area contributed by atoms with E-state index in [9.17, 15) is 19.5 Å². The van der Waals surface area contributed by atoms with E-state index in [-0.39, 0.29) is 17.4 Å². The number of nitrogens with zero attached hydrogens (tertiary/aromatic N) is 1. The number of amides is 2. The molecule has 3 rings (SSSR count). The SMILES string of the molecule is CC(=O)N1CCc2c(sc(NC(=O)c3cccs3)c2C(=O)O)C1. The Labute approximate surface area is 140 Å². The van der Waals surface area contributed by atoms with E-state index in [1.54, 1.807) is 22.4 Å². The highest BCUT2D eigenvalue weighted by Gasteiger charge is 2.29. The van der Waals surface area contributed by atoms with Gasteiger partial charge < -0.3 is 15.3 Å². The number of thiophene rings is 2. The molecule has 23 heavy (non-hydrogen) atoms. The lowest BCUT2D eigenvalue weighted by Gasteiger charge is -2.25. The Bertz CT molecular complexity index is 780. The number of fused-ring (bicyclic) bond motifs is 1. The number of anilines is 1. The molecule has 8 heteroatoms. The lowest BCUT2D eigenvalue weighted by atomic mass is 10.0. The number of hydrogen-bond acceptors (Lipinski definition) is 5. The summed E-state index contributed by atoms with van der Waals surface area (Å²) >= 11 is 2.53. The number of hydrogen-bond donors (Lipinski definition) is 2. The molecule has 0 unspecified atom stereocenters. The number of carbonyl (C=O) groups is 3. The number of aromatic carboxylic acids is 1. The van der Waals surface area contributed by atoms with E-state index < -0.39 is 5.97 Å². The maximum atomic E-state index is 12.2. The topological polar surface area (TPSA) is 86.7 Å². The molecule has 0 aromatic carbocycles. The van der Waals surface area contributed by atoms with E-state index in [1.165, 1.54) is 29.6 Å². The Morgan fingerprint density at radius 1 is 1.35 bits per heavy atom. The third-order valence-corrected chi connectivity index (χ3v) is 5.69. The predicted molar refractivity (Wildman–Crippen MR) is 88.3 cm³/mol. The summed E-state index contributed by atoms with van der Waals surface area (Å²) < 4.78 is 0. The molecular formula is C15H14N2O4S2. The first-order chi connectivity index (χ1) is 11.0. The summed E-state index contributed by atoms with van der Waals surface area (Å²) in [5, 5.41) is 14.3. The molecule has 6 nitrogen and oxygen atoms in total. The van der Waals surface area contributed by atoms with Crippen molar-refractivity contribution in [1.82, 2.24) is 4.90 Å². The minimum Gasteiger partial charge on any atom is -0.478 e. The molecule has 0 fully saturated rings. The van der Waals surface area contributed by atoms with Crippen molar-refractivity contribution in [3.8, 4) is 0 Å². The number of carbonyl (C=O) groups excluding carboxylic acids is 2. The van der Waals surface area contributed by atoms with Crippen LogP contribution < -0.4 is 5.32 Å². The summed E-state index contributed by atoms with van der Waals surface area (Å²) in [4.78, 5) is 38.3. The Morgan fingerprint density at radius 2 is 2.13 bits per heavy atom. The lowest BCUT2D eigenvalue weighted by molar-refractivity contribution is -0.129. The van der Waals surface area contributed by atoms with Crippen molar-refractivity contribution < 1.29 is 19.5 Å². The van der Waals surface area contributed by atoms with Crippen LogP contribution >= 0.6 is 22.7 Å². The second-order valence-electron chi connectivity index (χ2n) is 5.14. The molecular weight excluding hydrogens is 336 g/mol. The normalized spacial score (nSPS) is 13.5. The predicted octanol–water partition coefficient (Wildman–Crippen LogP) is 2.66. The van der Waals surface area contributed by atoms with Gasteiger partial charge in [-0.2, -0.15) is 0 Å². The van der Waals surface area contributed by atoms with Gasteiger partial charge in [0, 0.05) is 18.3 Å². The zero-order valence-electron chi connectivity index (χ0n) is 12.3. The monoisotopic (exact) mass is 350 g/mol. The zero-order valence-corrected chi connectivity index (χ0v) is 13.9. The number of carboxylic acid groups (broad SMARTS) is 1. The first-order valence-electron chi connectivity index (χ1n) is 6.95. The fourth-order valence-electron chi connectivity index (χ4n) is 2.56. The minimum atomic E-state index is -1.06. The van der Waals surface area contributed by atoms with Gasteiger partial charge in [0.15, 0.2) is 0 Å². The van der Waals surface area contributed by atoms with Crippen molar-refractivity contribution in [3.63, 3.8) is 0 Å². The fraction of sp³-hybridized carbons (Fsp3) is 0.267. The molecule has 0 saturated carbocycles. The van der Waals surface area contributed by atoms with Crippen LogP contribution in [0.1, 0.15) is 37.4 Å². The fourth-order valence-corrected chi connectivity index (χ4v) is 4.43. The molecule has 0 bridgehead atoms. The first kappa shape index (κ1) is 15.7. The third kappa shape index (κ3) is 2.99. The molecule has 0 aliphatic carbocycles. The van der Waals surface area contributed by atoms with Crippen molar-refractivity contribution >= 4 is 45.5 Å². The second-order valence-corrected chi connectivity index (χ2v) is 7.19. The van der Waals surface area contributed by atoms with Crippen LogP contribution in [-0.4, -0.2) is 34.3 Å². The molecule has 2 aromatic rings. The van der Waals surface area contributed by atoms with Crippen molar-refractivity contribution in [2.24, 2.45) is 0 Å². The Morgan fingerprint density at radius 3 is 2.74 bits per heavy atom. The van der Waals surface area contributed by atoms with E-state index in [0.717, 1.165) is 10.4 Å². The zero-order chi connectivity index (χ0) is 16.6. The molecule has 0 spiro atoms. The number of carboxylic acids is 1. The van der Waals surface area contributed by atoms with E-state index in [2.05, 4.69) is 5.32 Å². The summed E-state index contributed by atoms with van der Waals surface area (Å²) in [6, 6.07) is 3.45. The molecule has 1 aliphatic rings. The van der Waals surface area contributed by atoms with Crippen LogP contribution in [0.25, 0.3) is 0 Å². The van der Waals surface area contributed by atoms with Crippen LogP contribution in [0, 0.1) is 0 Å². The largest absolute Gasteiger partial charge is 0.478 e. The van der Waals surface area contributed by atoms with Crippen molar-refractivity contribution in [3.05, 3.63) is 38.4 Å². The highest BCUT2D eigenvalue weighted by atomic mass is 32.1. The van der Waals surface area contributed by atoms with Crippen molar-refractivity contribution in [1.29, 1.82) is 0 Å². The molecule has 120 valence electrons. The summed E-state index contributed by atoms with van der Waals surface area (Å²) in [5.74, 6) is -1.41. The average Bonchev–Trinajstić information content (AvgIpc) is 3.13. The summed E-state index contributed by atoms with van der Waals surface area (Å²) in [5.41, 5.74) is 0.875. The molecule has 1 aliphatic heterocycles. The molecule has 3 heterocycles. The van der Waals surface area contributed by atoms with Crippen LogP contribution in [0.15, 0.2) is 17.5 Å². The van der Waals surface area contributed by atoms with Crippen molar-refractivity contribution in [2.75, 3.05) is 11.9 Å².